The fourth-order valence-electron chi connectivity index (χ4n) is 2.60. The van der Waals surface area contributed by atoms with Crippen LogP contribution in [0.25, 0.3) is 11.1 Å². The Balaban J connectivity index is 1.82. The Bertz CT molecular complexity index is 962. The van der Waals surface area contributed by atoms with Crippen LogP contribution in [0.5, 0.6) is 5.75 Å². The summed E-state index contributed by atoms with van der Waals surface area (Å²) in [6, 6.07) is 18.9. The van der Waals surface area contributed by atoms with Gasteiger partial charge in [-0.3, -0.25) is 0 Å². The molecule has 0 heterocycles. The standard InChI is InChI=1S/C23H18F2O/c1-3-16-4-9-18(10-5-16)19-11-6-17(7-12-19)8-13-20-14-15-21(26-2)23(25)22(20)24/h4-7,9-12,14-15H,3H2,1-2H3. The largest absolute Gasteiger partial charge is 0.494 e. The molecule has 0 amide bonds. The molecular formula is C23H18F2O. The van der Waals surface area contributed by atoms with E-state index < -0.39 is 11.6 Å². The number of benzene rings is 3. The number of methoxy groups -OCH3 is 1. The van der Waals surface area contributed by atoms with E-state index in [2.05, 4.69) is 43.0 Å². The summed E-state index contributed by atoms with van der Waals surface area (Å²) in [5, 5.41) is 0. The Morgan fingerprint density at radius 2 is 1.38 bits per heavy atom. The molecule has 3 aromatic carbocycles. The van der Waals surface area contributed by atoms with Gasteiger partial charge in [-0.05, 0) is 47.4 Å². The highest BCUT2D eigenvalue weighted by molar-refractivity contribution is 5.64. The summed E-state index contributed by atoms with van der Waals surface area (Å²) in [6.07, 6.45) is 1.01. The number of hydrogen-bond donors (Lipinski definition) is 0. The predicted molar refractivity (Wildman–Crippen MR) is 100 cm³/mol. The minimum absolute atomic E-state index is 0.00234. The molecule has 3 heteroatoms. The van der Waals surface area contributed by atoms with Gasteiger partial charge in [0.25, 0.3) is 0 Å². The van der Waals surface area contributed by atoms with Crippen molar-refractivity contribution in [3.8, 4) is 28.7 Å². The lowest BCUT2D eigenvalue weighted by Crippen LogP contribution is -1.95. The van der Waals surface area contributed by atoms with Gasteiger partial charge in [0.1, 0.15) is 0 Å². The highest BCUT2D eigenvalue weighted by Gasteiger charge is 2.12. The molecular weight excluding hydrogens is 330 g/mol. The summed E-state index contributed by atoms with van der Waals surface area (Å²) in [5.41, 5.74) is 4.24. The summed E-state index contributed by atoms with van der Waals surface area (Å²) >= 11 is 0. The lowest BCUT2D eigenvalue weighted by atomic mass is 10.0. The van der Waals surface area contributed by atoms with Crippen LogP contribution in [0.1, 0.15) is 23.6 Å². The molecule has 0 bridgehead atoms. The van der Waals surface area contributed by atoms with Crippen LogP contribution >= 0.6 is 0 Å². The number of rotatable bonds is 3. The van der Waals surface area contributed by atoms with Gasteiger partial charge in [-0.1, -0.05) is 55.2 Å². The molecule has 0 fully saturated rings. The van der Waals surface area contributed by atoms with Crippen molar-refractivity contribution in [2.24, 2.45) is 0 Å². The van der Waals surface area contributed by atoms with E-state index in [0.29, 0.717) is 0 Å². The van der Waals surface area contributed by atoms with Gasteiger partial charge in [0, 0.05) is 5.56 Å². The summed E-state index contributed by atoms with van der Waals surface area (Å²) in [6.45, 7) is 2.12. The summed E-state index contributed by atoms with van der Waals surface area (Å²) in [7, 11) is 1.29. The van der Waals surface area contributed by atoms with Gasteiger partial charge >= 0.3 is 0 Å². The molecule has 26 heavy (non-hydrogen) atoms. The van der Waals surface area contributed by atoms with E-state index in [1.54, 1.807) is 0 Å². The van der Waals surface area contributed by atoms with Crippen LogP contribution in [-0.4, -0.2) is 7.11 Å². The van der Waals surface area contributed by atoms with Gasteiger partial charge in [0.05, 0.1) is 12.7 Å². The molecule has 3 rings (SSSR count). The van der Waals surface area contributed by atoms with E-state index in [9.17, 15) is 8.78 Å². The van der Waals surface area contributed by atoms with E-state index in [4.69, 9.17) is 4.74 Å². The third kappa shape index (κ3) is 3.75. The van der Waals surface area contributed by atoms with Crippen molar-refractivity contribution >= 4 is 0 Å². The van der Waals surface area contributed by atoms with Crippen LogP contribution in [-0.2, 0) is 6.42 Å². The predicted octanol–water partition coefficient (Wildman–Crippen LogP) is 5.60. The Kier molecular flexibility index (Phi) is 5.34. The van der Waals surface area contributed by atoms with Gasteiger partial charge in [0.2, 0.25) is 5.82 Å². The third-order valence-electron chi connectivity index (χ3n) is 4.19. The zero-order valence-electron chi connectivity index (χ0n) is 14.6. The first-order chi connectivity index (χ1) is 12.6. The Morgan fingerprint density at radius 3 is 1.96 bits per heavy atom. The topological polar surface area (TPSA) is 9.23 Å². The van der Waals surface area contributed by atoms with Gasteiger partial charge < -0.3 is 4.74 Å². The van der Waals surface area contributed by atoms with Gasteiger partial charge in [0.15, 0.2) is 11.6 Å². The SMILES string of the molecule is CCc1ccc(-c2ccc(C#Cc3ccc(OC)c(F)c3F)cc2)cc1. The van der Waals surface area contributed by atoms with Crippen molar-refractivity contribution in [1.82, 2.24) is 0 Å². The highest BCUT2D eigenvalue weighted by Crippen LogP contribution is 2.22. The molecule has 0 aliphatic heterocycles. The summed E-state index contributed by atoms with van der Waals surface area (Å²) in [5.74, 6) is 3.39. The third-order valence-corrected chi connectivity index (χ3v) is 4.19. The monoisotopic (exact) mass is 348 g/mol. The lowest BCUT2D eigenvalue weighted by molar-refractivity contribution is 0.371. The quantitative estimate of drug-likeness (QED) is 0.560. The van der Waals surface area contributed by atoms with Crippen LogP contribution < -0.4 is 4.74 Å². The summed E-state index contributed by atoms with van der Waals surface area (Å²) in [4.78, 5) is 0. The van der Waals surface area contributed by atoms with Gasteiger partial charge in [-0.25, -0.2) is 4.39 Å². The maximum Gasteiger partial charge on any atom is 0.201 e. The average molecular weight is 348 g/mol. The molecule has 0 spiro atoms. The van der Waals surface area contributed by atoms with Crippen LogP contribution in [0, 0.1) is 23.5 Å². The second kappa shape index (κ2) is 7.84. The van der Waals surface area contributed by atoms with Gasteiger partial charge in [-0.15, -0.1) is 0 Å². The van der Waals surface area contributed by atoms with Crippen molar-refractivity contribution in [3.63, 3.8) is 0 Å². The molecule has 130 valence electrons. The molecule has 0 radical (unpaired) electrons. The number of hydrogen-bond acceptors (Lipinski definition) is 1. The van der Waals surface area contributed by atoms with Crippen LogP contribution in [0.4, 0.5) is 8.78 Å². The van der Waals surface area contributed by atoms with Crippen LogP contribution in [0.2, 0.25) is 0 Å². The maximum absolute atomic E-state index is 13.9. The Hall–Kier alpha value is -3.12. The molecule has 0 unspecified atom stereocenters. The zero-order valence-corrected chi connectivity index (χ0v) is 14.6. The van der Waals surface area contributed by atoms with Crippen molar-refractivity contribution in [3.05, 3.63) is 89.0 Å². The van der Waals surface area contributed by atoms with E-state index in [-0.39, 0.29) is 11.3 Å². The first-order valence-corrected chi connectivity index (χ1v) is 8.35. The minimum atomic E-state index is -1.02. The molecule has 0 saturated heterocycles. The van der Waals surface area contributed by atoms with E-state index in [1.165, 1.54) is 24.8 Å². The molecule has 0 aromatic heterocycles. The fraction of sp³-hybridized carbons (Fsp3) is 0.130. The molecule has 0 N–H and O–H groups in total. The van der Waals surface area contributed by atoms with E-state index in [1.807, 2.05) is 24.3 Å². The van der Waals surface area contributed by atoms with Crippen molar-refractivity contribution in [2.75, 3.05) is 7.11 Å². The molecule has 0 aliphatic rings. The second-order valence-electron chi connectivity index (χ2n) is 5.82. The van der Waals surface area contributed by atoms with Gasteiger partial charge in [-0.2, -0.15) is 4.39 Å². The number of ether oxygens (including phenoxy) is 1. The summed E-state index contributed by atoms with van der Waals surface area (Å²) < 4.78 is 32.4. The maximum atomic E-state index is 13.9. The van der Waals surface area contributed by atoms with Crippen LogP contribution in [0.15, 0.2) is 60.7 Å². The van der Waals surface area contributed by atoms with Crippen molar-refractivity contribution in [2.45, 2.75) is 13.3 Å². The van der Waals surface area contributed by atoms with Crippen molar-refractivity contribution < 1.29 is 13.5 Å². The zero-order chi connectivity index (χ0) is 18.5. The van der Waals surface area contributed by atoms with E-state index in [0.717, 1.165) is 23.1 Å². The van der Waals surface area contributed by atoms with Crippen molar-refractivity contribution in [1.29, 1.82) is 0 Å². The Labute approximate surface area is 152 Å². The first kappa shape index (κ1) is 17.7. The normalized spacial score (nSPS) is 10.2. The molecule has 0 saturated carbocycles. The van der Waals surface area contributed by atoms with E-state index >= 15 is 0 Å². The molecule has 1 nitrogen and oxygen atoms in total. The lowest BCUT2D eigenvalue weighted by Gasteiger charge is -2.04. The molecule has 0 aliphatic carbocycles. The number of aryl methyl sites for hydroxylation is 1. The Morgan fingerprint density at radius 1 is 0.769 bits per heavy atom. The second-order valence-corrected chi connectivity index (χ2v) is 5.82. The smallest absolute Gasteiger partial charge is 0.201 e. The average Bonchev–Trinajstić information content (AvgIpc) is 2.70. The first-order valence-electron chi connectivity index (χ1n) is 8.35. The molecule has 0 atom stereocenters. The number of halogens is 2. The molecule has 3 aromatic rings. The van der Waals surface area contributed by atoms with Crippen LogP contribution in [0.3, 0.4) is 0 Å². The minimum Gasteiger partial charge on any atom is -0.494 e. The highest BCUT2D eigenvalue weighted by atomic mass is 19.2. The fourth-order valence-corrected chi connectivity index (χ4v) is 2.60.